The summed E-state index contributed by atoms with van der Waals surface area (Å²) in [5, 5.41) is 0. The fourth-order valence-electron chi connectivity index (χ4n) is 0.716. The molecule has 1 nitrogen and oxygen atoms in total. The van der Waals surface area contributed by atoms with Crippen LogP contribution in [-0.2, 0) is 0 Å². The van der Waals surface area contributed by atoms with Crippen LogP contribution in [0.2, 0.25) is 0 Å². The zero-order valence-electron chi connectivity index (χ0n) is 5.75. The standard InChI is InChI=1S/C9H9N/c1-3-8-4-6-9(10-2)7-5-8/h3-7H,1-2H2. The lowest BCUT2D eigenvalue weighted by Crippen LogP contribution is -1.67. The Morgan fingerprint density at radius 3 is 2.20 bits per heavy atom. The molecule has 0 saturated heterocycles. The van der Waals surface area contributed by atoms with Gasteiger partial charge in [-0.05, 0) is 24.4 Å². The van der Waals surface area contributed by atoms with Crippen LogP contribution < -0.4 is 0 Å². The average molecular weight is 131 g/mol. The fraction of sp³-hybridized carbons (Fsp3) is 0. The van der Waals surface area contributed by atoms with Crippen molar-refractivity contribution in [1.82, 2.24) is 0 Å². The predicted molar refractivity (Wildman–Crippen MR) is 45.7 cm³/mol. The van der Waals surface area contributed by atoms with Crippen molar-refractivity contribution in [2.24, 2.45) is 4.99 Å². The molecule has 0 aliphatic heterocycles. The van der Waals surface area contributed by atoms with Gasteiger partial charge in [0.15, 0.2) is 0 Å². The maximum absolute atomic E-state index is 3.76. The zero-order chi connectivity index (χ0) is 7.40. The van der Waals surface area contributed by atoms with E-state index in [0.717, 1.165) is 11.3 Å². The van der Waals surface area contributed by atoms with Gasteiger partial charge in [0.2, 0.25) is 0 Å². The second-order valence-electron chi connectivity index (χ2n) is 1.95. The lowest BCUT2D eigenvalue weighted by atomic mass is 10.2. The smallest absolute Gasteiger partial charge is 0.0622 e. The maximum atomic E-state index is 3.76. The van der Waals surface area contributed by atoms with Crippen LogP contribution in [0.25, 0.3) is 6.08 Å². The Kier molecular flexibility index (Phi) is 2.00. The molecule has 1 heteroatoms. The normalized spacial score (nSPS) is 8.80. The second-order valence-corrected chi connectivity index (χ2v) is 1.95. The molecule has 0 unspecified atom stereocenters. The van der Waals surface area contributed by atoms with Crippen molar-refractivity contribution in [3.8, 4) is 0 Å². The van der Waals surface area contributed by atoms with Crippen LogP contribution in [0.5, 0.6) is 0 Å². The van der Waals surface area contributed by atoms with Gasteiger partial charge in [0, 0.05) is 0 Å². The third kappa shape index (κ3) is 1.32. The Labute approximate surface area is 60.7 Å². The van der Waals surface area contributed by atoms with Gasteiger partial charge in [-0.15, -0.1) is 0 Å². The first-order valence-corrected chi connectivity index (χ1v) is 3.06. The maximum Gasteiger partial charge on any atom is 0.0622 e. The van der Waals surface area contributed by atoms with E-state index < -0.39 is 0 Å². The van der Waals surface area contributed by atoms with Crippen LogP contribution in [0.3, 0.4) is 0 Å². The van der Waals surface area contributed by atoms with E-state index >= 15 is 0 Å². The van der Waals surface area contributed by atoms with Crippen LogP contribution in [0.1, 0.15) is 5.56 Å². The van der Waals surface area contributed by atoms with Crippen molar-refractivity contribution in [2.75, 3.05) is 0 Å². The molecule has 0 N–H and O–H groups in total. The molecule has 0 amide bonds. The summed E-state index contributed by atoms with van der Waals surface area (Å²) >= 11 is 0. The van der Waals surface area contributed by atoms with E-state index in [1.54, 1.807) is 6.08 Å². The predicted octanol–water partition coefficient (Wildman–Crippen LogP) is 2.66. The Morgan fingerprint density at radius 2 is 1.80 bits per heavy atom. The van der Waals surface area contributed by atoms with E-state index in [0.29, 0.717) is 0 Å². The molecule has 0 aliphatic carbocycles. The summed E-state index contributed by atoms with van der Waals surface area (Å²) in [6, 6.07) is 7.72. The number of hydrogen-bond donors (Lipinski definition) is 0. The van der Waals surface area contributed by atoms with E-state index in [1.165, 1.54) is 0 Å². The molecule has 0 heterocycles. The van der Waals surface area contributed by atoms with E-state index in [4.69, 9.17) is 0 Å². The summed E-state index contributed by atoms with van der Waals surface area (Å²) in [6.45, 7) is 7.05. The van der Waals surface area contributed by atoms with Gasteiger partial charge in [-0.2, -0.15) is 0 Å². The fourth-order valence-corrected chi connectivity index (χ4v) is 0.716. The van der Waals surface area contributed by atoms with E-state index in [1.807, 2.05) is 24.3 Å². The van der Waals surface area contributed by atoms with Gasteiger partial charge in [-0.3, -0.25) is 4.99 Å². The van der Waals surface area contributed by atoms with Crippen molar-refractivity contribution in [3.63, 3.8) is 0 Å². The van der Waals surface area contributed by atoms with Crippen molar-refractivity contribution >= 4 is 18.5 Å². The molecule has 0 bridgehead atoms. The average Bonchev–Trinajstić information content (AvgIpc) is 2.05. The summed E-state index contributed by atoms with van der Waals surface area (Å²) in [5.41, 5.74) is 2.00. The molecule has 1 aromatic rings. The third-order valence-corrected chi connectivity index (χ3v) is 1.31. The van der Waals surface area contributed by atoms with Crippen LogP contribution in [0.15, 0.2) is 35.8 Å². The third-order valence-electron chi connectivity index (χ3n) is 1.31. The molecule has 0 atom stereocenters. The van der Waals surface area contributed by atoms with Crippen LogP contribution in [-0.4, -0.2) is 6.72 Å². The molecule has 1 aromatic carbocycles. The Morgan fingerprint density at radius 1 is 1.20 bits per heavy atom. The molecule has 10 heavy (non-hydrogen) atoms. The van der Waals surface area contributed by atoms with Gasteiger partial charge < -0.3 is 0 Å². The first-order chi connectivity index (χ1) is 4.86. The summed E-state index contributed by atoms with van der Waals surface area (Å²) in [5.74, 6) is 0. The quantitative estimate of drug-likeness (QED) is 0.547. The molecular formula is C9H9N. The number of hydrogen-bond acceptors (Lipinski definition) is 1. The highest BCUT2D eigenvalue weighted by molar-refractivity contribution is 5.53. The van der Waals surface area contributed by atoms with Gasteiger partial charge in [0.1, 0.15) is 0 Å². The monoisotopic (exact) mass is 131 g/mol. The molecule has 0 spiro atoms. The summed E-state index contributed by atoms with van der Waals surface area (Å²) in [4.78, 5) is 3.76. The largest absolute Gasteiger partial charge is 0.265 e. The number of rotatable bonds is 2. The van der Waals surface area contributed by atoms with Gasteiger partial charge in [0.25, 0.3) is 0 Å². The highest BCUT2D eigenvalue weighted by Gasteiger charge is 1.85. The van der Waals surface area contributed by atoms with Gasteiger partial charge >= 0.3 is 0 Å². The van der Waals surface area contributed by atoms with Crippen molar-refractivity contribution in [3.05, 3.63) is 36.4 Å². The number of benzene rings is 1. The molecule has 0 aromatic heterocycles. The molecule has 0 radical (unpaired) electrons. The second kappa shape index (κ2) is 2.97. The van der Waals surface area contributed by atoms with E-state index in [9.17, 15) is 0 Å². The van der Waals surface area contributed by atoms with Crippen LogP contribution >= 0.6 is 0 Å². The molecule has 0 fully saturated rings. The minimum absolute atomic E-state index is 0.894. The lowest BCUT2D eigenvalue weighted by molar-refractivity contribution is 1.54. The zero-order valence-corrected chi connectivity index (χ0v) is 5.75. The molecule has 0 aliphatic rings. The highest BCUT2D eigenvalue weighted by Crippen LogP contribution is 2.11. The van der Waals surface area contributed by atoms with Gasteiger partial charge in [-0.25, -0.2) is 0 Å². The van der Waals surface area contributed by atoms with Gasteiger partial charge in [0.05, 0.1) is 5.69 Å². The van der Waals surface area contributed by atoms with Crippen molar-refractivity contribution < 1.29 is 0 Å². The first-order valence-electron chi connectivity index (χ1n) is 3.06. The Balaban J connectivity index is 3.00. The minimum atomic E-state index is 0.894. The first kappa shape index (κ1) is 6.75. The minimum Gasteiger partial charge on any atom is -0.265 e. The molecular weight excluding hydrogens is 122 g/mol. The Hall–Kier alpha value is -1.37. The topological polar surface area (TPSA) is 12.4 Å². The van der Waals surface area contributed by atoms with E-state index in [-0.39, 0.29) is 0 Å². The summed E-state index contributed by atoms with van der Waals surface area (Å²) < 4.78 is 0. The number of aliphatic imine (C=N–C) groups is 1. The van der Waals surface area contributed by atoms with Crippen LogP contribution in [0, 0.1) is 0 Å². The van der Waals surface area contributed by atoms with Gasteiger partial charge in [-0.1, -0.05) is 24.8 Å². The summed E-state index contributed by atoms with van der Waals surface area (Å²) in [6.07, 6.45) is 1.80. The van der Waals surface area contributed by atoms with E-state index in [2.05, 4.69) is 18.3 Å². The number of nitrogens with zero attached hydrogens (tertiary/aromatic N) is 1. The highest BCUT2D eigenvalue weighted by atomic mass is 14.7. The molecule has 50 valence electrons. The molecule has 1 rings (SSSR count). The van der Waals surface area contributed by atoms with Crippen molar-refractivity contribution in [2.45, 2.75) is 0 Å². The van der Waals surface area contributed by atoms with Crippen molar-refractivity contribution in [1.29, 1.82) is 0 Å². The Bertz CT molecular complexity index is 206. The van der Waals surface area contributed by atoms with Crippen LogP contribution in [0.4, 0.5) is 5.69 Å². The molecule has 0 saturated carbocycles. The summed E-state index contributed by atoms with van der Waals surface area (Å²) in [7, 11) is 0. The lowest BCUT2D eigenvalue weighted by Gasteiger charge is -1.92. The SMILES string of the molecule is C=Cc1ccc(N=C)cc1.